The van der Waals surface area contributed by atoms with Crippen LogP contribution in [0, 0.1) is 5.41 Å². The minimum Gasteiger partial charge on any atom is -0.444 e. The first-order chi connectivity index (χ1) is 12.2. The molecule has 2 N–H and O–H groups in total. The van der Waals surface area contributed by atoms with Crippen LogP contribution >= 0.6 is 0 Å². The Balaban J connectivity index is 1.91. The van der Waals surface area contributed by atoms with Crippen LogP contribution in [0.3, 0.4) is 0 Å². The number of hydrogen-bond donors (Lipinski definition) is 1. The van der Waals surface area contributed by atoms with E-state index < -0.39 is 5.60 Å². The van der Waals surface area contributed by atoms with Gasteiger partial charge in [0.05, 0.1) is 11.4 Å². The molecule has 0 radical (unpaired) electrons. The molecule has 0 aliphatic carbocycles. The van der Waals surface area contributed by atoms with Gasteiger partial charge in [0.2, 0.25) is 0 Å². The van der Waals surface area contributed by atoms with Crippen LogP contribution in [0.2, 0.25) is 0 Å². The van der Waals surface area contributed by atoms with E-state index in [1.54, 1.807) is 6.08 Å². The Hall–Kier alpha value is -1.91. The summed E-state index contributed by atoms with van der Waals surface area (Å²) in [6.07, 6.45) is 9.95. The third-order valence-electron chi connectivity index (χ3n) is 5.52. The number of likely N-dealkylation sites (tertiary alicyclic amines) is 2. The van der Waals surface area contributed by atoms with Gasteiger partial charge in [-0.05, 0) is 64.9 Å². The van der Waals surface area contributed by atoms with Crippen LogP contribution in [0.25, 0.3) is 0 Å². The summed E-state index contributed by atoms with van der Waals surface area (Å²) < 4.78 is 5.51. The molecule has 5 heteroatoms. The highest BCUT2D eigenvalue weighted by atomic mass is 16.6. The molecule has 0 bridgehead atoms. The van der Waals surface area contributed by atoms with Gasteiger partial charge >= 0.3 is 6.09 Å². The highest BCUT2D eigenvalue weighted by Crippen LogP contribution is 2.42. The Morgan fingerprint density at radius 3 is 2.00 bits per heavy atom. The zero-order valence-electron chi connectivity index (χ0n) is 16.9. The van der Waals surface area contributed by atoms with E-state index in [9.17, 15) is 4.79 Å². The fraction of sp³-hybridized carbons (Fsp3) is 0.667. The summed E-state index contributed by atoms with van der Waals surface area (Å²) in [5.74, 6) is 0. The maximum Gasteiger partial charge on any atom is 0.410 e. The summed E-state index contributed by atoms with van der Waals surface area (Å²) in [4.78, 5) is 16.5. The summed E-state index contributed by atoms with van der Waals surface area (Å²) in [6.45, 7) is 15.1. The van der Waals surface area contributed by atoms with Gasteiger partial charge in [-0.15, -0.1) is 0 Å². The monoisotopic (exact) mass is 361 g/mol. The molecule has 2 rings (SSSR count). The molecule has 0 aromatic rings. The van der Waals surface area contributed by atoms with Gasteiger partial charge in [-0.3, -0.25) is 0 Å². The summed E-state index contributed by atoms with van der Waals surface area (Å²) in [6, 6.07) is 0. The van der Waals surface area contributed by atoms with Gasteiger partial charge in [-0.25, -0.2) is 4.79 Å². The lowest BCUT2D eigenvalue weighted by atomic mass is 9.71. The second kappa shape index (κ2) is 8.19. The van der Waals surface area contributed by atoms with Gasteiger partial charge in [-0.1, -0.05) is 18.7 Å². The zero-order valence-corrected chi connectivity index (χ0v) is 16.9. The molecular weight excluding hydrogens is 326 g/mol. The number of piperidine rings is 2. The average Bonchev–Trinajstić information content (AvgIpc) is 2.59. The number of ether oxygens (including phenoxy) is 1. The number of carbonyl (C=O) groups is 1. The second-order valence-corrected chi connectivity index (χ2v) is 8.49. The molecule has 0 aromatic carbocycles. The number of nitrogens with two attached hydrogens (primary N) is 1. The molecule has 1 amide bonds. The largest absolute Gasteiger partial charge is 0.444 e. The van der Waals surface area contributed by atoms with Crippen LogP contribution in [-0.4, -0.2) is 47.7 Å². The predicted molar refractivity (Wildman–Crippen MR) is 107 cm³/mol. The Kier molecular flexibility index (Phi) is 6.43. The first-order valence-electron chi connectivity index (χ1n) is 9.67. The molecule has 2 heterocycles. The van der Waals surface area contributed by atoms with Crippen molar-refractivity contribution in [2.45, 2.75) is 59.0 Å². The van der Waals surface area contributed by atoms with Crippen molar-refractivity contribution in [3.8, 4) is 0 Å². The third-order valence-corrected chi connectivity index (χ3v) is 5.52. The third kappa shape index (κ3) is 5.05. The maximum absolute atomic E-state index is 12.3. The molecule has 2 saturated heterocycles. The van der Waals surface area contributed by atoms with Crippen molar-refractivity contribution in [3.05, 3.63) is 36.2 Å². The van der Waals surface area contributed by atoms with Crippen molar-refractivity contribution in [2.75, 3.05) is 26.2 Å². The first kappa shape index (κ1) is 20.4. The molecule has 146 valence electrons. The van der Waals surface area contributed by atoms with Crippen molar-refractivity contribution in [1.29, 1.82) is 0 Å². The van der Waals surface area contributed by atoms with E-state index in [2.05, 4.69) is 11.5 Å². The molecule has 26 heavy (non-hydrogen) atoms. The Morgan fingerprint density at radius 1 is 1.08 bits per heavy atom. The minimum absolute atomic E-state index is 0.179. The summed E-state index contributed by atoms with van der Waals surface area (Å²) in [5, 5.41) is 0. The smallest absolute Gasteiger partial charge is 0.410 e. The van der Waals surface area contributed by atoms with Crippen molar-refractivity contribution >= 4 is 6.09 Å². The summed E-state index contributed by atoms with van der Waals surface area (Å²) in [5.41, 5.74) is 7.94. The van der Waals surface area contributed by atoms with Crippen LogP contribution in [0.1, 0.15) is 53.4 Å². The molecular formula is C21H35N3O2. The van der Waals surface area contributed by atoms with Gasteiger partial charge in [0, 0.05) is 26.2 Å². The molecule has 0 atom stereocenters. The zero-order chi connectivity index (χ0) is 19.4. The predicted octanol–water partition coefficient (Wildman–Crippen LogP) is 4.03. The Bertz CT molecular complexity index is 569. The maximum atomic E-state index is 12.3. The molecule has 2 aliphatic heterocycles. The SMILES string of the molecule is C=C/C=C(\C(N)=C/C)N1CCC2(CCN(C(=O)OC(C)(C)C)CC2)CC1. The van der Waals surface area contributed by atoms with E-state index >= 15 is 0 Å². The highest BCUT2D eigenvalue weighted by molar-refractivity contribution is 5.68. The van der Waals surface area contributed by atoms with Gasteiger partial charge in [-0.2, -0.15) is 0 Å². The fourth-order valence-electron chi connectivity index (χ4n) is 3.86. The number of hydrogen-bond acceptors (Lipinski definition) is 4. The fourth-order valence-corrected chi connectivity index (χ4v) is 3.86. The lowest BCUT2D eigenvalue weighted by molar-refractivity contribution is 0.000256. The number of allylic oxidation sites excluding steroid dienone is 3. The molecule has 0 aromatic heterocycles. The van der Waals surface area contributed by atoms with E-state index in [-0.39, 0.29) is 6.09 Å². The lowest BCUT2D eigenvalue weighted by Crippen LogP contribution is -2.49. The number of carbonyl (C=O) groups excluding carboxylic acids is 1. The van der Waals surface area contributed by atoms with Crippen LogP contribution < -0.4 is 5.73 Å². The molecule has 2 aliphatic rings. The van der Waals surface area contributed by atoms with Crippen LogP contribution in [0.15, 0.2) is 36.2 Å². The van der Waals surface area contributed by atoms with E-state index in [1.807, 2.05) is 44.7 Å². The molecule has 1 spiro atoms. The van der Waals surface area contributed by atoms with Crippen molar-refractivity contribution in [1.82, 2.24) is 9.80 Å². The van der Waals surface area contributed by atoms with Crippen molar-refractivity contribution < 1.29 is 9.53 Å². The first-order valence-corrected chi connectivity index (χ1v) is 9.67. The topological polar surface area (TPSA) is 58.8 Å². The number of rotatable bonds is 3. The second-order valence-electron chi connectivity index (χ2n) is 8.49. The Labute approximate surface area is 158 Å². The summed E-state index contributed by atoms with van der Waals surface area (Å²) in [7, 11) is 0. The van der Waals surface area contributed by atoms with Gasteiger partial charge in [0.1, 0.15) is 5.60 Å². The van der Waals surface area contributed by atoms with Gasteiger partial charge < -0.3 is 20.3 Å². The molecule has 0 saturated carbocycles. The van der Waals surface area contributed by atoms with Gasteiger partial charge in [0.15, 0.2) is 0 Å². The van der Waals surface area contributed by atoms with Crippen LogP contribution in [-0.2, 0) is 4.74 Å². The summed E-state index contributed by atoms with van der Waals surface area (Å²) >= 11 is 0. The molecule has 2 fully saturated rings. The highest BCUT2D eigenvalue weighted by Gasteiger charge is 2.39. The normalized spacial score (nSPS) is 21.7. The lowest BCUT2D eigenvalue weighted by Gasteiger charge is -2.47. The molecule has 5 nitrogen and oxygen atoms in total. The Morgan fingerprint density at radius 2 is 1.58 bits per heavy atom. The van der Waals surface area contributed by atoms with Crippen molar-refractivity contribution in [2.24, 2.45) is 11.1 Å². The quantitative estimate of drug-likeness (QED) is 0.771. The van der Waals surface area contributed by atoms with E-state index in [0.29, 0.717) is 5.41 Å². The van der Waals surface area contributed by atoms with Gasteiger partial charge in [0.25, 0.3) is 0 Å². The minimum atomic E-state index is -0.432. The number of amides is 1. The van der Waals surface area contributed by atoms with E-state index in [1.165, 1.54) is 0 Å². The van der Waals surface area contributed by atoms with Crippen molar-refractivity contribution in [3.63, 3.8) is 0 Å². The van der Waals surface area contributed by atoms with E-state index in [4.69, 9.17) is 10.5 Å². The number of nitrogens with zero attached hydrogens (tertiary/aromatic N) is 2. The average molecular weight is 362 g/mol. The molecule has 0 unspecified atom stereocenters. The van der Waals surface area contributed by atoms with E-state index in [0.717, 1.165) is 63.3 Å². The standard InChI is InChI=1S/C21H35N3O2/c1-6-8-18(17(22)7-2)23-13-9-21(10-14-23)11-15-24(16-12-21)19(25)26-20(3,4)5/h6-8H,1,9-16,22H2,2-5H3/b17-7+,18-8+. The van der Waals surface area contributed by atoms with Crippen LogP contribution in [0.5, 0.6) is 0 Å². The van der Waals surface area contributed by atoms with Crippen LogP contribution in [0.4, 0.5) is 4.79 Å².